The van der Waals surface area contributed by atoms with Crippen LogP contribution in [0.3, 0.4) is 0 Å². The number of ether oxygens (including phenoxy) is 1. The van der Waals surface area contributed by atoms with E-state index in [1.165, 1.54) is 18.1 Å². The van der Waals surface area contributed by atoms with Crippen LogP contribution in [0.2, 0.25) is 0 Å². The van der Waals surface area contributed by atoms with Gasteiger partial charge < -0.3 is 10.1 Å². The first-order chi connectivity index (χ1) is 13.8. The van der Waals surface area contributed by atoms with Crippen molar-refractivity contribution < 1.29 is 19.1 Å². The highest BCUT2D eigenvalue weighted by Crippen LogP contribution is 2.23. The first-order valence-corrected chi connectivity index (χ1v) is 10.1. The molecule has 5 heteroatoms. The Morgan fingerprint density at radius 2 is 1.76 bits per heavy atom. The lowest BCUT2D eigenvalue weighted by atomic mass is 10.0. The van der Waals surface area contributed by atoms with Gasteiger partial charge in [0.2, 0.25) is 0 Å². The minimum absolute atomic E-state index is 0.0445. The van der Waals surface area contributed by atoms with E-state index in [0.717, 1.165) is 30.4 Å². The molecule has 0 radical (unpaired) electrons. The smallest absolute Gasteiger partial charge is 0.307 e. The predicted molar refractivity (Wildman–Crippen MR) is 112 cm³/mol. The van der Waals surface area contributed by atoms with Gasteiger partial charge in [-0.15, -0.1) is 0 Å². The Labute approximate surface area is 171 Å². The number of fused-ring (bicyclic) bond motifs is 1. The molecule has 29 heavy (non-hydrogen) atoms. The largest absolute Gasteiger partial charge is 0.453 e. The molecule has 0 spiro atoms. The summed E-state index contributed by atoms with van der Waals surface area (Å²) >= 11 is 0. The van der Waals surface area contributed by atoms with Crippen LogP contribution in [0.15, 0.2) is 36.4 Å². The number of carbonyl (C=O) groups is 3. The molecule has 0 saturated heterocycles. The molecule has 1 aliphatic rings. The average molecular weight is 393 g/mol. The number of amides is 1. The summed E-state index contributed by atoms with van der Waals surface area (Å²) in [5, 5.41) is 2.77. The molecule has 152 valence electrons. The van der Waals surface area contributed by atoms with Crippen molar-refractivity contribution in [2.24, 2.45) is 0 Å². The van der Waals surface area contributed by atoms with Crippen LogP contribution in [-0.4, -0.2) is 23.8 Å². The number of carbonyl (C=O) groups excluding carboxylic acids is 3. The van der Waals surface area contributed by atoms with Gasteiger partial charge >= 0.3 is 5.97 Å². The maximum atomic E-state index is 12.4. The summed E-state index contributed by atoms with van der Waals surface area (Å²) in [6, 6.07) is 11.5. The summed E-state index contributed by atoms with van der Waals surface area (Å²) in [4.78, 5) is 36.8. The van der Waals surface area contributed by atoms with Crippen LogP contribution >= 0.6 is 0 Å². The molecule has 0 unspecified atom stereocenters. The van der Waals surface area contributed by atoms with Crippen LogP contribution in [0, 0.1) is 13.8 Å². The molecule has 0 aliphatic heterocycles. The van der Waals surface area contributed by atoms with Crippen molar-refractivity contribution in [2.45, 2.75) is 59.0 Å². The Morgan fingerprint density at radius 1 is 1.00 bits per heavy atom. The zero-order valence-electron chi connectivity index (χ0n) is 17.2. The lowest BCUT2D eigenvalue weighted by Crippen LogP contribution is -2.30. The number of aryl methyl sites for hydroxylation is 4. The van der Waals surface area contributed by atoms with Gasteiger partial charge in [-0.25, -0.2) is 0 Å². The van der Waals surface area contributed by atoms with Gasteiger partial charge in [0.15, 0.2) is 11.9 Å². The number of hydrogen-bond donors (Lipinski definition) is 1. The summed E-state index contributed by atoms with van der Waals surface area (Å²) in [5.74, 6) is -1.03. The number of ketones is 1. The highest BCUT2D eigenvalue weighted by molar-refractivity contribution is 5.98. The van der Waals surface area contributed by atoms with Gasteiger partial charge in [0, 0.05) is 17.7 Å². The van der Waals surface area contributed by atoms with Crippen molar-refractivity contribution in [3.8, 4) is 0 Å². The summed E-state index contributed by atoms with van der Waals surface area (Å²) in [6.45, 7) is 5.41. The van der Waals surface area contributed by atoms with Crippen molar-refractivity contribution in [3.63, 3.8) is 0 Å². The molecule has 1 N–H and O–H groups in total. The number of esters is 1. The molecule has 0 aromatic heterocycles. The van der Waals surface area contributed by atoms with Gasteiger partial charge in [-0.05, 0) is 68.9 Å². The van der Waals surface area contributed by atoms with E-state index in [0.29, 0.717) is 11.3 Å². The van der Waals surface area contributed by atoms with Crippen LogP contribution in [0.4, 0.5) is 5.69 Å². The number of nitrogens with one attached hydrogen (secondary N) is 1. The fourth-order valence-corrected chi connectivity index (χ4v) is 3.60. The molecule has 2 aromatic carbocycles. The predicted octanol–water partition coefficient (Wildman–Crippen LogP) is 4.33. The Kier molecular flexibility index (Phi) is 6.47. The third-order valence-electron chi connectivity index (χ3n) is 5.29. The van der Waals surface area contributed by atoms with Crippen molar-refractivity contribution in [1.82, 2.24) is 0 Å². The van der Waals surface area contributed by atoms with Crippen LogP contribution in [-0.2, 0) is 27.2 Å². The van der Waals surface area contributed by atoms with E-state index in [-0.39, 0.29) is 18.6 Å². The van der Waals surface area contributed by atoms with E-state index >= 15 is 0 Å². The number of anilines is 1. The molecule has 0 bridgehead atoms. The topological polar surface area (TPSA) is 72.5 Å². The molecule has 3 rings (SSSR count). The second-order valence-electron chi connectivity index (χ2n) is 7.70. The SMILES string of the molecule is Cc1ccc(NC(=O)[C@H](C)OC(=O)CCC(=O)c2ccc3c(c2)CCC3)c(C)c1. The fraction of sp³-hybridized carbons (Fsp3) is 0.375. The Morgan fingerprint density at radius 3 is 2.52 bits per heavy atom. The van der Waals surface area contributed by atoms with E-state index < -0.39 is 18.0 Å². The van der Waals surface area contributed by atoms with Crippen molar-refractivity contribution in [1.29, 1.82) is 0 Å². The van der Waals surface area contributed by atoms with Gasteiger partial charge in [-0.2, -0.15) is 0 Å². The molecule has 1 aliphatic carbocycles. The van der Waals surface area contributed by atoms with Crippen LogP contribution in [0.25, 0.3) is 0 Å². The maximum Gasteiger partial charge on any atom is 0.307 e. The van der Waals surface area contributed by atoms with Gasteiger partial charge in [-0.3, -0.25) is 14.4 Å². The van der Waals surface area contributed by atoms with Crippen LogP contribution in [0.5, 0.6) is 0 Å². The third-order valence-corrected chi connectivity index (χ3v) is 5.29. The van der Waals surface area contributed by atoms with E-state index in [9.17, 15) is 14.4 Å². The number of hydrogen-bond acceptors (Lipinski definition) is 4. The molecule has 2 aromatic rings. The quantitative estimate of drug-likeness (QED) is 0.561. The second-order valence-corrected chi connectivity index (χ2v) is 7.70. The molecular formula is C24H27NO4. The Hall–Kier alpha value is -2.95. The average Bonchev–Trinajstić information content (AvgIpc) is 3.16. The zero-order valence-corrected chi connectivity index (χ0v) is 17.2. The molecular weight excluding hydrogens is 366 g/mol. The summed E-state index contributed by atoms with van der Waals surface area (Å²) in [6.07, 6.45) is 2.30. The van der Waals surface area contributed by atoms with E-state index in [4.69, 9.17) is 4.74 Å². The molecule has 1 atom stereocenters. The summed E-state index contributed by atoms with van der Waals surface area (Å²) in [7, 11) is 0. The standard InChI is InChI=1S/C24H27NO4/c1-15-7-10-21(16(2)13-15)25-24(28)17(3)29-23(27)12-11-22(26)20-9-8-18-5-4-6-19(18)14-20/h7-10,13-14,17H,4-6,11-12H2,1-3H3,(H,25,28)/t17-/m0/s1. The van der Waals surface area contributed by atoms with Crippen LogP contribution in [0.1, 0.15) is 58.8 Å². The van der Waals surface area contributed by atoms with Gasteiger partial charge in [-0.1, -0.05) is 29.8 Å². The van der Waals surface area contributed by atoms with Crippen molar-refractivity contribution >= 4 is 23.3 Å². The fourth-order valence-electron chi connectivity index (χ4n) is 3.60. The minimum Gasteiger partial charge on any atom is -0.453 e. The highest BCUT2D eigenvalue weighted by atomic mass is 16.5. The van der Waals surface area contributed by atoms with Gasteiger partial charge in [0.25, 0.3) is 5.91 Å². The number of Topliss-reactive ketones (excluding diaryl/α,β-unsaturated/α-hetero) is 1. The zero-order chi connectivity index (χ0) is 21.0. The molecule has 0 heterocycles. The molecule has 0 fully saturated rings. The Balaban J connectivity index is 1.48. The highest BCUT2D eigenvalue weighted by Gasteiger charge is 2.20. The number of benzene rings is 2. The van der Waals surface area contributed by atoms with Crippen molar-refractivity contribution in [2.75, 3.05) is 5.32 Å². The van der Waals surface area contributed by atoms with Gasteiger partial charge in [0.1, 0.15) is 0 Å². The third kappa shape index (κ3) is 5.31. The lowest BCUT2D eigenvalue weighted by molar-refractivity contribution is -0.153. The van der Waals surface area contributed by atoms with Crippen molar-refractivity contribution in [3.05, 3.63) is 64.2 Å². The van der Waals surface area contributed by atoms with E-state index in [1.807, 2.05) is 50.2 Å². The first-order valence-electron chi connectivity index (χ1n) is 10.1. The molecule has 5 nitrogen and oxygen atoms in total. The normalized spacial score (nSPS) is 13.5. The van der Waals surface area contributed by atoms with Crippen LogP contribution < -0.4 is 5.32 Å². The van der Waals surface area contributed by atoms with E-state index in [1.54, 1.807) is 0 Å². The van der Waals surface area contributed by atoms with Gasteiger partial charge in [0.05, 0.1) is 6.42 Å². The number of rotatable bonds is 7. The Bertz CT molecular complexity index is 948. The van der Waals surface area contributed by atoms with E-state index in [2.05, 4.69) is 5.32 Å². The second kappa shape index (κ2) is 9.03. The molecule has 0 saturated carbocycles. The minimum atomic E-state index is -0.932. The maximum absolute atomic E-state index is 12.4. The summed E-state index contributed by atoms with van der Waals surface area (Å²) < 4.78 is 5.21. The monoisotopic (exact) mass is 393 g/mol. The first kappa shape index (κ1) is 20.8. The summed E-state index contributed by atoms with van der Waals surface area (Å²) in [5.41, 5.74) is 5.92. The molecule has 1 amide bonds. The lowest BCUT2D eigenvalue weighted by Gasteiger charge is -2.15.